The molecule has 0 aliphatic heterocycles. The van der Waals surface area contributed by atoms with E-state index in [9.17, 15) is 4.79 Å². The smallest absolute Gasteiger partial charge is 0.166 e. The zero-order chi connectivity index (χ0) is 10.7. The summed E-state index contributed by atoms with van der Waals surface area (Å²) in [7, 11) is 0. The van der Waals surface area contributed by atoms with Crippen molar-refractivity contribution in [1.82, 2.24) is 4.57 Å². The molecule has 1 rings (SSSR count). The van der Waals surface area contributed by atoms with Gasteiger partial charge in [0.15, 0.2) is 6.29 Å². The summed E-state index contributed by atoms with van der Waals surface area (Å²) in [5, 5.41) is 0. The molecule has 1 aromatic heterocycles. The molecule has 0 radical (unpaired) electrons. The number of hydrogen-bond donors (Lipinski definition) is 0. The van der Waals surface area contributed by atoms with Gasteiger partial charge >= 0.3 is 0 Å². The third-order valence-electron chi connectivity index (χ3n) is 2.30. The molecule has 1 heterocycles. The van der Waals surface area contributed by atoms with Gasteiger partial charge in [0.2, 0.25) is 0 Å². The van der Waals surface area contributed by atoms with Crippen LogP contribution in [0.1, 0.15) is 49.7 Å². The first-order valence-corrected chi connectivity index (χ1v) is 5.19. The van der Waals surface area contributed by atoms with Crippen molar-refractivity contribution in [3.05, 3.63) is 23.5 Å². The third kappa shape index (κ3) is 2.47. The summed E-state index contributed by atoms with van der Waals surface area (Å²) in [5.74, 6) is 1.06. The van der Waals surface area contributed by atoms with Crippen LogP contribution in [0.4, 0.5) is 0 Å². The maximum Gasteiger partial charge on any atom is 0.166 e. The van der Waals surface area contributed by atoms with Gasteiger partial charge in [0.25, 0.3) is 0 Å². The van der Waals surface area contributed by atoms with E-state index in [4.69, 9.17) is 0 Å². The number of nitrogens with zero attached hydrogens (tertiary/aromatic N) is 1. The van der Waals surface area contributed by atoms with Crippen molar-refractivity contribution in [3.8, 4) is 0 Å². The normalized spacial score (nSPS) is 11.3. The molecule has 0 bridgehead atoms. The molecule has 0 aliphatic carbocycles. The topological polar surface area (TPSA) is 22.0 Å². The molecule has 0 saturated heterocycles. The van der Waals surface area contributed by atoms with Crippen molar-refractivity contribution < 1.29 is 4.79 Å². The van der Waals surface area contributed by atoms with E-state index in [1.165, 1.54) is 5.56 Å². The van der Waals surface area contributed by atoms with Gasteiger partial charge in [0.05, 0.1) is 5.69 Å². The van der Waals surface area contributed by atoms with Gasteiger partial charge in [-0.05, 0) is 23.5 Å². The van der Waals surface area contributed by atoms with E-state index in [0.29, 0.717) is 11.8 Å². The maximum atomic E-state index is 10.8. The molecule has 0 saturated carbocycles. The summed E-state index contributed by atoms with van der Waals surface area (Å²) < 4.78 is 2.05. The highest BCUT2D eigenvalue weighted by Gasteiger charge is 2.08. The first kappa shape index (κ1) is 11.0. The van der Waals surface area contributed by atoms with Gasteiger partial charge in [-0.1, -0.05) is 27.7 Å². The van der Waals surface area contributed by atoms with Crippen LogP contribution >= 0.6 is 0 Å². The molecule has 14 heavy (non-hydrogen) atoms. The second-order valence-electron chi connectivity index (χ2n) is 4.52. The van der Waals surface area contributed by atoms with Gasteiger partial charge in [-0.3, -0.25) is 4.79 Å². The van der Waals surface area contributed by atoms with Crippen LogP contribution in [0, 0.1) is 5.92 Å². The van der Waals surface area contributed by atoms with Crippen molar-refractivity contribution in [2.45, 2.75) is 40.2 Å². The lowest BCUT2D eigenvalue weighted by atomic mass is 10.1. The molecule has 0 aromatic carbocycles. The summed E-state index contributed by atoms with van der Waals surface area (Å²) in [5.41, 5.74) is 2.04. The van der Waals surface area contributed by atoms with E-state index >= 15 is 0 Å². The predicted molar refractivity (Wildman–Crippen MR) is 58.7 cm³/mol. The summed E-state index contributed by atoms with van der Waals surface area (Å²) >= 11 is 0. The summed E-state index contributed by atoms with van der Waals surface area (Å²) in [6.07, 6.45) is 3.03. The van der Waals surface area contributed by atoms with Crippen LogP contribution in [-0.4, -0.2) is 10.9 Å². The molecule has 0 aliphatic rings. The Morgan fingerprint density at radius 1 is 1.36 bits per heavy atom. The van der Waals surface area contributed by atoms with E-state index in [1.807, 2.05) is 10.6 Å². The molecule has 78 valence electrons. The van der Waals surface area contributed by atoms with Crippen LogP contribution < -0.4 is 0 Å². The number of aromatic nitrogens is 1. The van der Waals surface area contributed by atoms with Gasteiger partial charge in [-0.15, -0.1) is 0 Å². The molecule has 0 unspecified atom stereocenters. The van der Waals surface area contributed by atoms with Gasteiger partial charge in [-0.2, -0.15) is 0 Å². The highest BCUT2D eigenvalue weighted by molar-refractivity contribution is 5.73. The van der Waals surface area contributed by atoms with Gasteiger partial charge in [0.1, 0.15) is 0 Å². The molecule has 0 fully saturated rings. The average Bonchev–Trinajstić information content (AvgIpc) is 2.46. The first-order chi connectivity index (χ1) is 6.54. The Morgan fingerprint density at radius 3 is 2.43 bits per heavy atom. The molecule has 0 N–H and O–H groups in total. The number of carbonyl (C=O) groups is 1. The minimum absolute atomic E-state index is 0.488. The fraction of sp³-hybridized carbons (Fsp3) is 0.583. The largest absolute Gasteiger partial charge is 0.345 e. The summed E-state index contributed by atoms with van der Waals surface area (Å²) in [4.78, 5) is 10.8. The summed E-state index contributed by atoms with van der Waals surface area (Å²) in [6, 6.07) is 1.99. The molecule has 0 atom stereocenters. The predicted octanol–water partition coefficient (Wildman–Crippen LogP) is 3.08. The highest BCUT2D eigenvalue weighted by Crippen LogP contribution is 2.18. The minimum atomic E-state index is 0.488. The monoisotopic (exact) mass is 193 g/mol. The van der Waals surface area contributed by atoms with Gasteiger partial charge in [-0.25, -0.2) is 0 Å². The lowest BCUT2D eigenvalue weighted by molar-refractivity contribution is 0.111. The molecule has 1 aromatic rings. The third-order valence-corrected chi connectivity index (χ3v) is 2.30. The Bertz CT molecular complexity index is 310. The Balaban J connectivity index is 2.96. The quantitative estimate of drug-likeness (QED) is 0.673. The van der Waals surface area contributed by atoms with Crippen LogP contribution in [0.2, 0.25) is 0 Å². The number of carbonyl (C=O) groups excluding carboxylic acids is 1. The van der Waals surface area contributed by atoms with Crippen LogP contribution in [0.5, 0.6) is 0 Å². The van der Waals surface area contributed by atoms with Crippen molar-refractivity contribution in [1.29, 1.82) is 0 Å². The summed E-state index contributed by atoms with van der Waals surface area (Å²) in [6.45, 7) is 9.52. The Kier molecular flexibility index (Phi) is 3.50. The maximum absolute atomic E-state index is 10.8. The van der Waals surface area contributed by atoms with Gasteiger partial charge in [0, 0.05) is 12.7 Å². The van der Waals surface area contributed by atoms with E-state index < -0.39 is 0 Å². The minimum Gasteiger partial charge on any atom is -0.345 e. The van der Waals surface area contributed by atoms with Crippen LogP contribution in [0.25, 0.3) is 0 Å². The number of aldehydes is 1. The van der Waals surface area contributed by atoms with E-state index in [-0.39, 0.29) is 0 Å². The lowest BCUT2D eigenvalue weighted by Crippen LogP contribution is -2.06. The molecular formula is C12H19NO. The number of rotatable bonds is 4. The van der Waals surface area contributed by atoms with Crippen LogP contribution in [-0.2, 0) is 6.54 Å². The Labute approximate surface area is 85.9 Å². The SMILES string of the molecule is CC(C)Cn1cc(C(C)C)cc1C=O. The Morgan fingerprint density at radius 2 is 2.00 bits per heavy atom. The van der Waals surface area contributed by atoms with E-state index in [2.05, 4.69) is 33.9 Å². The molecule has 0 amide bonds. The molecule has 2 nitrogen and oxygen atoms in total. The van der Waals surface area contributed by atoms with Crippen molar-refractivity contribution in [2.75, 3.05) is 0 Å². The lowest BCUT2D eigenvalue weighted by Gasteiger charge is -2.07. The van der Waals surface area contributed by atoms with Crippen LogP contribution in [0.3, 0.4) is 0 Å². The van der Waals surface area contributed by atoms with Crippen LogP contribution in [0.15, 0.2) is 12.3 Å². The second kappa shape index (κ2) is 4.45. The zero-order valence-electron chi connectivity index (χ0n) is 9.45. The van der Waals surface area contributed by atoms with E-state index in [1.54, 1.807) is 0 Å². The zero-order valence-corrected chi connectivity index (χ0v) is 9.45. The fourth-order valence-corrected chi connectivity index (χ4v) is 1.51. The average molecular weight is 193 g/mol. The van der Waals surface area contributed by atoms with Crippen molar-refractivity contribution >= 4 is 6.29 Å². The Hall–Kier alpha value is -1.05. The molecule has 2 heteroatoms. The fourth-order valence-electron chi connectivity index (χ4n) is 1.51. The first-order valence-electron chi connectivity index (χ1n) is 5.19. The van der Waals surface area contributed by atoms with Crippen molar-refractivity contribution in [2.24, 2.45) is 5.92 Å². The van der Waals surface area contributed by atoms with Gasteiger partial charge < -0.3 is 4.57 Å². The van der Waals surface area contributed by atoms with E-state index in [0.717, 1.165) is 18.5 Å². The number of hydrogen-bond acceptors (Lipinski definition) is 1. The molecule has 0 spiro atoms. The second-order valence-corrected chi connectivity index (χ2v) is 4.52. The van der Waals surface area contributed by atoms with Crippen molar-refractivity contribution in [3.63, 3.8) is 0 Å². The highest BCUT2D eigenvalue weighted by atomic mass is 16.1. The standard InChI is InChI=1S/C12H19NO/c1-9(2)6-13-7-11(10(3)4)5-12(13)8-14/h5,7-10H,6H2,1-4H3. The molecular weight excluding hydrogens is 174 g/mol.